The van der Waals surface area contributed by atoms with Crippen molar-refractivity contribution in [1.29, 1.82) is 0 Å². The molecule has 0 bridgehead atoms. The summed E-state index contributed by atoms with van der Waals surface area (Å²) in [6.07, 6.45) is 2.63. The van der Waals surface area contributed by atoms with Gasteiger partial charge < -0.3 is 10.4 Å². The van der Waals surface area contributed by atoms with Gasteiger partial charge in [0.2, 0.25) is 0 Å². The maximum absolute atomic E-state index is 10.1. The number of aryl methyl sites for hydroxylation is 1. The van der Waals surface area contributed by atoms with Gasteiger partial charge in [-0.05, 0) is 37.0 Å². The lowest BCUT2D eigenvalue weighted by atomic mass is 9.97. The average Bonchev–Trinajstić information content (AvgIpc) is 2.36. The Morgan fingerprint density at radius 2 is 1.62 bits per heavy atom. The maximum atomic E-state index is 10.1. The number of aliphatic hydroxyl groups is 1. The molecule has 0 radical (unpaired) electrons. The van der Waals surface area contributed by atoms with E-state index < -0.39 is 5.60 Å². The maximum Gasteiger partial charge on any atom is 0.0814 e. The van der Waals surface area contributed by atoms with E-state index in [2.05, 4.69) is 36.5 Å². The molecule has 2 heteroatoms. The Labute approximate surface area is 98.7 Å². The first-order valence-electron chi connectivity index (χ1n) is 6.18. The zero-order valence-corrected chi connectivity index (χ0v) is 10.6. The van der Waals surface area contributed by atoms with E-state index in [-0.39, 0.29) is 0 Å². The van der Waals surface area contributed by atoms with Gasteiger partial charge in [-0.25, -0.2) is 0 Å². The van der Waals surface area contributed by atoms with E-state index in [1.54, 1.807) is 0 Å². The molecule has 2 N–H and O–H groups in total. The van der Waals surface area contributed by atoms with Gasteiger partial charge in [-0.2, -0.15) is 0 Å². The molecule has 1 rings (SSSR count). The topological polar surface area (TPSA) is 32.3 Å². The molecule has 90 valence electrons. The van der Waals surface area contributed by atoms with Crippen molar-refractivity contribution < 1.29 is 5.11 Å². The third kappa shape index (κ3) is 3.53. The van der Waals surface area contributed by atoms with Gasteiger partial charge in [-0.15, -0.1) is 0 Å². The summed E-state index contributed by atoms with van der Waals surface area (Å²) in [5.74, 6) is 0. The normalized spacial score (nSPS) is 11.5. The Kier molecular flexibility index (Phi) is 4.81. The molecule has 1 aromatic rings. The lowest BCUT2D eigenvalue weighted by Gasteiger charge is -2.26. The van der Waals surface area contributed by atoms with E-state index in [0.29, 0.717) is 6.54 Å². The number of anilines is 1. The first-order valence-corrected chi connectivity index (χ1v) is 6.18. The standard InChI is InChI=1S/C14H23NO/c1-4-12-7-9-13(10-8-12)15-11-14(16,5-2)6-3/h7-10,15-16H,4-6,11H2,1-3H3. The summed E-state index contributed by atoms with van der Waals surface area (Å²) < 4.78 is 0. The molecule has 0 unspecified atom stereocenters. The molecule has 0 fully saturated rings. The van der Waals surface area contributed by atoms with Crippen molar-refractivity contribution in [2.24, 2.45) is 0 Å². The molecule has 1 aromatic carbocycles. The molecule has 0 aliphatic heterocycles. The largest absolute Gasteiger partial charge is 0.388 e. The second-order valence-electron chi connectivity index (χ2n) is 4.34. The zero-order valence-electron chi connectivity index (χ0n) is 10.6. The van der Waals surface area contributed by atoms with E-state index >= 15 is 0 Å². The summed E-state index contributed by atoms with van der Waals surface area (Å²) in [7, 11) is 0. The van der Waals surface area contributed by atoms with Crippen LogP contribution < -0.4 is 5.32 Å². The molecule has 0 atom stereocenters. The van der Waals surface area contributed by atoms with Gasteiger partial charge in [0.15, 0.2) is 0 Å². The molecule has 2 nitrogen and oxygen atoms in total. The summed E-state index contributed by atoms with van der Waals surface area (Å²) in [5, 5.41) is 13.4. The lowest BCUT2D eigenvalue weighted by Crippen LogP contribution is -2.35. The molecule has 0 amide bonds. The van der Waals surface area contributed by atoms with Crippen LogP contribution in [0.1, 0.15) is 39.2 Å². The summed E-state index contributed by atoms with van der Waals surface area (Å²) >= 11 is 0. The molecular weight excluding hydrogens is 198 g/mol. The van der Waals surface area contributed by atoms with E-state index in [0.717, 1.165) is 24.9 Å². The van der Waals surface area contributed by atoms with E-state index in [1.165, 1.54) is 5.56 Å². The average molecular weight is 221 g/mol. The van der Waals surface area contributed by atoms with Crippen molar-refractivity contribution in [2.45, 2.75) is 45.6 Å². The smallest absolute Gasteiger partial charge is 0.0814 e. The summed E-state index contributed by atoms with van der Waals surface area (Å²) in [5.41, 5.74) is 1.84. The van der Waals surface area contributed by atoms with E-state index in [1.807, 2.05) is 13.8 Å². The van der Waals surface area contributed by atoms with Gasteiger partial charge in [0, 0.05) is 12.2 Å². The highest BCUT2D eigenvalue weighted by Gasteiger charge is 2.21. The van der Waals surface area contributed by atoms with Crippen LogP contribution in [0.4, 0.5) is 5.69 Å². The summed E-state index contributed by atoms with van der Waals surface area (Å²) in [4.78, 5) is 0. The van der Waals surface area contributed by atoms with Gasteiger partial charge in [0.1, 0.15) is 0 Å². The fraction of sp³-hybridized carbons (Fsp3) is 0.571. The third-order valence-electron chi connectivity index (χ3n) is 3.30. The second kappa shape index (κ2) is 5.90. The Morgan fingerprint density at radius 3 is 2.06 bits per heavy atom. The molecule has 0 aliphatic carbocycles. The monoisotopic (exact) mass is 221 g/mol. The first kappa shape index (κ1) is 13.0. The minimum absolute atomic E-state index is 0.580. The van der Waals surface area contributed by atoms with E-state index in [4.69, 9.17) is 0 Å². The second-order valence-corrected chi connectivity index (χ2v) is 4.34. The van der Waals surface area contributed by atoms with Crippen molar-refractivity contribution in [2.75, 3.05) is 11.9 Å². The van der Waals surface area contributed by atoms with Gasteiger partial charge in [0.05, 0.1) is 5.60 Å². The minimum Gasteiger partial charge on any atom is -0.388 e. The molecule has 0 saturated heterocycles. The molecule has 0 spiro atoms. The first-order chi connectivity index (χ1) is 7.63. The number of hydrogen-bond donors (Lipinski definition) is 2. The Hall–Kier alpha value is -1.02. The highest BCUT2D eigenvalue weighted by atomic mass is 16.3. The Bertz CT molecular complexity index is 301. The molecule has 16 heavy (non-hydrogen) atoms. The van der Waals surface area contributed by atoms with Crippen LogP contribution >= 0.6 is 0 Å². The minimum atomic E-state index is -0.580. The van der Waals surface area contributed by atoms with Crippen LogP contribution in [0.5, 0.6) is 0 Å². The van der Waals surface area contributed by atoms with Gasteiger partial charge >= 0.3 is 0 Å². The van der Waals surface area contributed by atoms with Crippen molar-refractivity contribution >= 4 is 5.69 Å². The lowest BCUT2D eigenvalue weighted by molar-refractivity contribution is 0.0457. The number of benzene rings is 1. The van der Waals surface area contributed by atoms with Crippen molar-refractivity contribution in [3.05, 3.63) is 29.8 Å². The number of hydrogen-bond acceptors (Lipinski definition) is 2. The van der Waals surface area contributed by atoms with Crippen LogP contribution in [0.15, 0.2) is 24.3 Å². The molecule has 0 saturated carbocycles. The van der Waals surface area contributed by atoms with Gasteiger partial charge in [-0.3, -0.25) is 0 Å². The summed E-state index contributed by atoms with van der Waals surface area (Å²) in [6, 6.07) is 8.40. The molecular formula is C14H23NO. The quantitative estimate of drug-likeness (QED) is 0.773. The fourth-order valence-electron chi connectivity index (χ4n) is 1.62. The van der Waals surface area contributed by atoms with Crippen molar-refractivity contribution in [3.63, 3.8) is 0 Å². The van der Waals surface area contributed by atoms with E-state index in [9.17, 15) is 5.11 Å². The van der Waals surface area contributed by atoms with Crippen LogP contribution in [0.2, 0.25) is 0 Å². The van der Waals surface area contributed by atoms with Crippen molar-refractivity contribution in [1.82, 2.24) is 0 Å². The zero-order chi connectivity index (χ0) is 12.0. The predicted molar refractivity (Wildman–Crippen MR) is 69.8 cm³/mol. The van der Waals surface area contributed by atoms with Gasteiger partial charge in [0.25, 0.3) is 0 Å². The Balaban J connectivity index is 2.54. The Morgan fingerprint density at radius 1 is 1.06 bits per heavy atom. The SMILES string of the molecule is CCc1ccc(NCC(O)(CC)CC)cc1. The molecule has 0 heterocycles. The van der Waals surface area contributed by atoms with Crippen molar-refractivity contribution in [3.8, 4) is 0 Å². The van der Waals surface area contributed by atoms with Crippen LogP contribution in [-0.2, 0) is 6.42 Å². The highest BCUT2D eigenvalue weighted by molar-refractivity contribution is 5.44. The predicted octanol–water partition coefficient (Wildman–Crippen LogP) is 3.21. The number of nitrogens with one attached hydrogen (secondary N) is 1. The third-order valence-corrected chi connectivity index (χ3v) is 3.30. The summed E-state index contributed by atoms with van der Waals surface area (Å²) in [6.45, 7) is 6.80. The highest BCUT2D eigenvalue weighted by Crippen LogP contribution is 2.17. The van der Waals surface area contributed by atoms with Crippen LogP contribution in [0, 0.1) is 0 Å². The van der Waals surface area contributed by atoms with Crippen LogP contribution in [0.3, 0.4) is 0 Å². The molecule has 0 aliphatic rings. The van der Waals surface area contributed by atoms with Crippen LogP contribution in [-0.4, -0.2) is 17.3 Å². The molecule has 0 aromatic heterocycles. The van der Waals surface area contributed by atoms with Gasteiger partial charge in [-0.1, -0.05) is 32.9 Å². The van der Waals surface area contributed by atoms with Crippen LogP contribution in [0.25, 0.3) is 0 Å². The number of rotatable bonds is 6. The fourth-order valence-corrected chi connectivity index (χ4v) is 1.62.